The van der Waals surface area contributed by atoms with Crippen LogP contribution in [0.3, 0.4) is 0 Å². The van der Waals surface area contributed by atoms with Crippen molar-refractivity contribution in [3.8, 4) is 0 Å². The Balaban J connectivity index is 1.84. The van der Waals surface area contributed by atoms with E-state index in [9.17, 15) is 4.79 Å². The van der Waals surface area contributed by atoms with Crippen molar-refractivity contribution in [1.82, 2.24) is 15.2 Å². The summed E-state index contributed by atoms with van der Waals surface area (Å²) in [4.78, 5) is 17.9. The molecule has 106 valence electrons. The molecule has 1 saturated heterocycles. The number of H-pyrrole nitrogens is 1. The summed E-state index contributed by atoms with van der Waals surface area (Å²) in [5, 5.41) is 4.43. The molecule has 1 fully saturated rings. The van der Waals surface area contributed by atoms with Crippen LogP contribution in [0.1, 0.15) is 28.9 Å². The van der Waals surface area contributed by atoms with Crippen LogP contribution in [0.4, 0.5) is 0 Å². The quantitative estimate of drug-likeness (QED) is 0.880. The number of para-hydroxylation sites is 1. The second-order valence-electron chi connectivity index (χ2n) is 5.53. The van der Waals surface area contributed by atoms with E-state index in [2.05, 4.69) is 16.4 Å². The number of carbonyl (C=O) groups is 1. The van der Waals surface area contributed by atoms with Crippen molar-refractivity contribution < 1.29 is 4.79 Å². The smallest absolute Gasteiger partial charge is 0.270 e. The monoisotopic (exact) mass is 271 g/mol. The van der Waals surface area contributed by atoms with Gasteiger partial charge < -0.3 is 15.2 Å². The van der Waals surface area contributed by atoms with Gasteiger partial charge in [-0.2, -0.15) is 0 Å². The zero-order chi connectivity index (χ0) is 14.1. The maximum absolute atomic E-state index is 12.7. The first-order valence-corrected chi connectivity index (χ1v) is 7.24. The summed E-state index contributed by atoms with van der Waals surface area (Å²) in [6.07, 6.45) is 2.06. The number of aryl methyl sites for hydroxylation is 1. The molecule has 2 aromatic rings. The molecule has 4 heteroatoms. The lowest BCUT2D eigenvalue weighted by atomic mass is 10.0. The number of rotatable bonds is 2. The average molecular weight is 271 g/mol. The molecule has 0 atom stereocenters. The van der Waals surface area contributed by atoms with Gasteiger partial charge in [-0.3, -0.25) is 4.79 Å². The SMILES string of the molecule is CNC1CCN(C(=O)c2[nH]c3ccccc3c2C)CC1. The summed E-state index contributed by atoms with van der Waals surface area (Å²) in [6, 6.07) is 8.63. The Kier molecular flexibility index (Phi) is 3.49. The first kappa shape index (κ1) is 13.2. The number of fused-ring (bicyclic) bond motifs is 1. The lowest BCUT2D eigenvalue weighted by molar-refractivity contribution is 0.0701. The molecule has 0 aliphatic carbocycles. The lowest BCUT2D eigenvalue weighted by Gasteiger charge is -2.31. The summed E-state index contributed by atoms with van der Waals surface area (Å²) in [5.74, 6) is 0.133. The highest BCUT2D eigenvalue weighted by Gasteiger charge is 2.25. The predicted molar refractivity (Wildman–Crippen MR) is 81.0 cm³/mol. The van der Waals surface area contributed by atoms with Gasteiger partial charge >= 0.3 is 0 Å². The lowest BCUT2D eigenvalue weighted by Crippen LogP contribution is -2.44. The van der Waals surface area contributed by atoms with Crippen LogP contribution < -0.4 is 5.32 Å². The average Bonchev–Trinajstić information content (AvgIpc) is 2.84. The highest BCUT2D eigenvalue weighted by molar-refractivity contribution is 6.00. The molecule has 4 nitrogen and oxygen atoms in total. The number of nitrogens with one attached hydrogen (secondary N) is 2. The maximum atomic E-state index is 12.7. The van der Waals surface area contributed by atoms with Crippen molar-refractivity contribution in [2.24, 2.45) is 0 Å². The Morgan fingerprint density at radius 3 is 2.65 bits per heavy atom. The Bertz CT molecular complexity index is 624. The van der Waals surface area contributed by atoms with E-state index in [-0.39, 0.29) is 5.91 Å². The second-order valence-corrected chi connectivity index (χ2v) is 5.53. The Morgan fingerprint density at radius 1 is 1.30 bits per heavy atom. The molecule has 0 unspecified atom stereocenters. The zero-order valence-corrected chi connectivity index (χ0v) is 12.1. The summed E-state index contributed by atoms with van der Waals surface area (Å²) in [7, 11) is 1.99. The summed E-state index contributed by atoms with van der Waals surface area (Å²) in [5.41, 5.74) is 2.84. The molecule has 0 radical (unpaired) electrons. The number of piperidine rings is 1. The van der Waals surface area contributed by atoms with Crippen LogP contribution in [0.5, 0.6) is 0 Å². The van der Waals surface area contributed by atoms with Crippen LogP contribution in [-0.4, -0.2) is 42.0 Å². The Morgan fingerprint density at radius 2 is 2.00 bits per heavy atom. The van der Waals surface area contributed by atoms with Crippen molar-refractivity contribution in [2.45, 2.75) is 25.8 Å². The van der Waals surface area contributed by atoms with E-state index in [4.69, 9.17) is 0 Å². The molecule has 1 aliphatic heterocycles. The van der Waals surface area contributed by atoms with Crippen molar-refractivity contribution in [3.05, 3.63) is 35.5 Å². The molecule has 1 aromatic carbocycles. The molecule has 0 spiro atoms. The van der Waals surface area contributed by atoms with Crippen LogP contribution in [-0.2, 0) is 0 Å². The second kappa shape index (κ2) is 5.29. The molecular formula is C16H21N3O. The van der Waals surface area contributed by atoms with Gasteiger partial charge in [-0.15, -0.1) is 0 Å². The number of carbonyl (C=O) groups excluding carboxylic acids is 1. The molecule has 3 rings (SSSR count). The van der Waals surface area contributed by atoms with E-state index in [1.807, 2.05) is 37.1 Å². The first-order valence-electron chi connectivity index (χ1n) is 7.24. The third-order valence-electron chi connectivity index (χ3n) is 4.37. The molecule has 2 N–H and O–H groups in total. The van der Waals surface area contributed by atoms with Gasteiger partial charge in [0, 0.05) is 30.0 Å². The minimum Gasteiger partial charge on any atom is -0.350 e. The first-order chi connectivity index (χ1) is 9.70. The molecule has 0 bridgehead atoms. The van der Waals surface area contributed by atoms with Gasteiger partial charge in [0.2, 0.25) is 0 Å². The third kappa shape index (κ3) is 2.20. The third-order valence-corrected chi connectivity index (χ3v) is 4.37. The number of aromatic nitrogens is 1. The molecule has 20 heavy (non-hydrogen) atoms. The Labute approximate surface area is 119 Å². The number of likely N-dealkylation sites (tertiary alicyclic amines) is 1. The van der Waals surface area contributed by atoms with Gasteiger partial charge in [0.05, 0.1) is 0 Å². The van der Waals surface area contributed by atoms with Crippen LogP contribution in [0.25, 0.3) is 10.9 Å². The molecule has 1 aliphatic rings. The van der Waals surface area contributed by atoms with Gasteiger partial charge in [-0.1, -0.05) is 18.2 Å². The van der Waals surface area contributed by atoms with Crippen LogP contribution in [0, 0.1) is 6.92 Å². The minimum atomic E-state index is 0.133. The van der Waals surface area contributed by atoms with E-state index >= 15 is 0 Å². The normalized spacial score (nSPS) is 16.8. The largest absolute Gasteiger partial charge is 0.350 e. The molecule has 1 amide bonds. The number of hydrogen-bond acceptors (Lipinski definition) is 2. The summed E-state index contributed by atoms with van der Waals surface area (Å²) >= 11 is 0. The van der Waals surface area contributed by atoms with Crippen molar-refractivity contribution >= 4 is 16.8 Å². The predicted octanol–water partition coefficient (Wildman–Crippen LogP) is 2.30. The summed E-state index contributed by atoms with van der Waals surface area (Å²) in [6.45, 7) is 3.69. The fraction of sp³-hybridized carbons (Fsp3) is 0.438. The van der Waals surface area contributed by atoms with Crippen molar-refractivity contribution in [3.63, 3.8) is 0 Å². The number of benzene rings is 1. The van der Waals surface area contributed by atoms with Crippen LogP contribution >= 0.6 is 0 Å². The van der Waals surface area contributed by atoms with Crippen molar-refractivity contribution in [1.29, 1.82) is 0 Å². The fourth-order valence-corrected chi connectivity index (χ4v) is 3.03. The van der Waals surface area contributed by atoms with Gasteiger partial charge in [0.1, 0.15) is 5.69 Å². The highest BCUT2D eigenvalue weighted by atomic mass is 16.2. The van der Waals surface area contributed by atoms with Crippen LogP contribution in [0.15, 0.2) is 24.3 Å². The fourth-order valence-electron chi connectivity index (χ4n) is 3.03. The number of amides is 1. The van der Waals surface area contributed by atoms with E-state index < -0.39 is 0 Å². The van der Waals surface area contributed by atoms with Gasteiger partial charge in [0.25, 0.3) is 5.91 Å². The zero-order valence-electron chi connectivity index (χ0n) is 12.1. The standard InChI is InChI=1S/C16H21N3O/c1-11-13-5-3-4-6-14(13)18-15(11)16(20)19-9-7-12(17-2)8-10-19/h3-6,12,17-18H,7-10H2,1-2H3. The van der Waals surface area contributed by atoms with E-state index in [1.165, 1.54) is 0 Å². The summed E-state index contributed by atoms with van der Waals surface area (Å²) < 4.78 is 0. The van der Waals surface area contributed by atoms with Crippen molar-refractivity contribution in [2.75, 3.05) is 20.1 Å². The molecule has 1 aromatic heterocycles. The van der Waals surface area contributed by atoms with Gasteiger partial charge in [0.15, 0.2) is 0 Å². The van der Waals surface area contributed by atoms with Crippen LogP contribution in [0.2, 0.25) is 0 Å². The molecular weight excluding hydrogens is 250 g/mol. The van der Waals surface area contributed by atoms with Gasteiger partial charge in [-0.05, 0) is 38.4 Å². The maximum Gasteiger partial charge on any atom is 0.270 e. The minimum absolute atomic E-state index is 0.133. The number of aromatic amines is 1. The van der Waals surface area contributed by atoms with Gasteiger partial charge in [-0.25, -0.2) is 0 Å². The van der Waals surface area contributed by atoms with E-state index in [0.717, 1.165) is 48.1 Å². The Hall–Kier alpha value is -1.81. The highest BCUT2D eigenvalue weighted by Crippen LogP contribution is 2.23. The molecule has 0 saturated carbocycles. The number of hydrogen-bond donors (Lipinski definition) is 2. The van der Waals surface area contributed by atoms with E-state index in [0.29, 0.717) is 6.04 Å². The molecule has 2 heterocycles. The van der Waals surface area contributed by atoms with E-state index in [1.54, 1.807) is 0 Å². The topological polar surface area (TPSA) is 48.1 Å². The number of nitrogens with zero attached hydrogens (tertiary/aromatic N) is 1.